The Morgan fingerprint density at radius 2 is 2.10 bits per heavy atom. The Morgan fingerprint density at radius 3 is 2.70 bits per heavy atom. The molecule has 1 aliphatic rings. The highest BCUT2D eigenvalue weighted by Crippen LogP contribution is 2.30. The van der Waals surface area contributed by atoms with Crippen LogP contribution in [0.3, 0.4) is 0 Å². The van der Waals surface area contributed by atoms with Crippen LogP contribution < -0.4 is 5.56 Å². The molecule has 0 saturated carbocycles. The van der Waals surface area contributed by atoms with Crippen molar-refractivity contribution in [2.24, 2.45) is 5.41 Å². The number of pyridine rings is 1. The van der Waals surface area contributed by atoms with E-state index in [1.165, 1.54) is 4.90 Å². The fourth-order valence-electron chi connectivity index (χ4n) is 2.42. The predicted octanol–water partition coefficient (Wildman–Crippen LogP) is 0.407. The maximum absolute atomic E-state index is 12.3. The van der Waals surface area contributed by atoms with Gasteiger partial charge in [0.05, 0.1) is 11.0 Å². The molecule has 1 saturated heterocycles. The Labute approximate surface area is 114 Å². The van der Waals surface area contributed by atoms with Gasteiger partial charge in [0.25, 0.3) is 11.5 Å². The highest BCUT2D eigenvalue weighted by atomic mass is 16.4. The zero-order chi connectivity index (χ0) is 14.9. The summed E-state index contributed by atoms with van der Waals surface area (Å²) in [4.78, 5) is 38.3. The second kappa shape index (κ2) is 4.99. The zero-order valence-electron chi connectivity index (χ0n) is 11.0. The highest BCUT2D eigenvalue weighted by molar-refractivity contribution is 5.94. The summed E-state index contributed by atoms with van der Waals surface area (Å²) in [7, 11) is 0. The fraction of sp³-hybridized carbons (Fsp3) is 0.462. The molecule has 0 radical (unpaired) electrons. The van der Waals surface area contributed by atoms with E-state index in [0.29, 0.717) is 19.4 Å². The van der Waals surface area contributed by atoms with Crippen molar-refractivity contribution in [1.29, 1.82) is 0 Å². The molecular weight excluding hydrogens is 264 g/mol. The molecule has 7 heteroatoms. The summed E-state index contributed by atoms with van der Waals surface area (Å²) in [6.45, 7) is 2.13. The van der Waals surface area contributed by atoms with Crippen LogP contribution in [0.4, 0.5) is 0 Å². The minimum Gasteiger partial charge on any atom is -0.494 e. The number of aromatic nitrogens is 1. The van der Waals surface area contributed by atoms with Gasteiger partial charge < -0.3 is 15.1 Å². The number of carboxylic acids is 1. The molecule has 1 unspecified atom stereocenters. The number of H-pyrrole nitrogens is 1. The van der Waals surface area contributed by atoms with Crippen molar-refractivity contribution in [3.05, 3.63) is 28.0 Å². The molecule has 20 heavy (non-hydrogen) atoms. The molecule has 1 amide bonds. The van der Waals surface area contributed by atoms with Gasteiger partial charge >= 0.3 is 5.97 Å². The van der Waals surface area contributed by atoms with Crippen LogP contribution in [0, 0.1) is 5.41 Å². The molecular formula is C13H16N2O5. The van der Waals surface area contributed by atoms with E-state index >= 15 is 0 Å². The van der Waals surface area contributed by atoms with E-state index in [-0.39, 0.29) is 18.0 Å². The number of rotatable bonds is 2. The molecule has 1 fully saturated rings. The van der Waals surface area contributed by atoms with Gasteiger partial charge in [-0.05, 0) is 19.8 Å². The van der Waals surface area contributed by atoms with Crippen LogP contribution >= 0.6 is 0 Å². The lowest BCUT2D eigenvalue weighted by atomic mass is 9.82. The maximum Gasteiger partial charge on any atom is 0.311 e. The van der Waals surface area contributed by atoms with Crippen LogP contribution in [-0.4, -0.2) is 45.1 Å². The molecule has 0 bridgehead atoms. The highest BCUT2D eigenvalue weighted by Gasteiger charge is 2.39. The van der Waals surface area contributed by atoms with E-state index in [4.69, 9.17) is 0 Å². The van der Waals surface area contributed by atoms with E-state index in [9.17, 15) is 24.6 Å². The lowest BCUT2D eigenvalue weighted by Gasteiger charge is -2.37. The third kappa shape index (κ3) is 2.66. The van der Waals surface area contributed by atoms with Crippen LogP contribution in [0.15, 0.2) is 16.9 Å². The largest absolute Gasteiger partial charge is 0.494 e. The van der Waals surface area contributed by atoms with Crippen LogP contribution in [0.25, 0.3) is 0 Å². The van der Waals surface area contributed by atoms with Gasteiger partial charge in [0.15, 0.2) is 5.88 Å². The molecule has 7 nitrogen and oxygen atoms in total. The summed E-state index contributed by atoms with van der Waals surface area (Å²) in [6, 6.07) is 2.26. The van der Waals surface area contributed by atoms with Crippen molar-refractivity contribution in [2.75, 3.05) is 13.1 Å². The van der Waals surface area contributed by atoms with Crippen molar-refractivity contribution in [2.45, 2.75) is 19.8 Å². The van der Waals surface area contributed by atoms with Crippen LogP contribution in [-0.2, 0) is 4.79 Å². The van der Waals surface area contributed by atoms with Crippen LogP contribution in [0.1, 0.15) is 30.1 Å². The lowest BCUT2D eigenvalue weighted by molar-refractivity contribution is -0.150. The van der Waals surface area contributed by atoms with E-state index in [2.05, 4.69) is 4.98 Å². The van der Waals surface area contributed by atoms with Gasteiger partial charge in [0.2, 0.25) is 0 Å². The SMILES string of the molecule is CC1(C(=O)O)CCCN(C(=O)c2cc(O)[nH]c(=O)c2)C1. The van der Waals surface area contributed by atoms with Crippen LogP contribution in [0.2, 0.25) is 0 Å². The third-order valence-corrected chi connectivity index (χ3v) is 3.58. The Bertz CT molecular complexity index is 609. The molecule has 2 rings (SSSR count). The van der Waals surface area contributed by atoms with Gasteiger partial charge in [-0.1, -0.05) is 0 Å². The first-order valence-corrected chi connectivity index (χ1v) is 6.28. The molecule has 1 aliphatic heterocycles. The first-order valence-electron chi connectivity index (χ1n) is 6.28. The molecule has 1 aromatic heterocycles. The zero-order valence-corrected chi connectivity index (χ0v) is 11.0. The first kappa shape index (κ1) is 14.1. The predicted molar refractivity (Wildman–Crippen MR) is 69.6 cm³/mol. The van der Waals surface area contributed by atoms with Crippen molar-refractivity contribution in [3.63, 3.8) is 0 Å². The summed E-state index contributed by atoms with van der Waals surface area (Å²) < 4.78 is 0. The standard InChI is InChI=1S/C13H16N2O5/c1-13(12(19)20)3-2-4-15(7-13)11(18)8-5-9(16)14-10(17)6-8/h5-6H,2-4,7H2,1H3,(H,19,20)(H2,14,16,17). The summed E-state index contributed by atoms with van der Waals surface area (Å²) >= 11 is 0. The molecule has 0 aromatic carbocycles. The number of aromatic hydroxyl groups is 1. The van der Waals surface area contributed by atoms with E-state index in [1.54, 1.807) is 6.92 Å². The summed E-state index contributed by atoms with van der Waals surface area (Å²) in [6.07, 6.45) is 1.09. The number of aromatic amines is 1. The number of hydrogen-bond acceptors (Lipinski definition) is 4. The second-order valence-electron chi connectivity index (χ2n) is 5.31. The van der Waals surface area contributed by atoms with Gasteiger partial charge in [-0.2, -0.15) is 0 Å². The van der Waals surface area contributed by atoms with Gasteiger partial charge in [0.1, 0.15) is 0 Å². The monoisotopic (exact) mass is 280 g/mol. The smallest absolute Gasteiger partial charge is 0.311 e. The summed E-state index contributed by atoms with van der Waals surface area (Å²) in [5.41, 5.74) is -1.50. The van der Waals surface area contributed by atoms with Gasteiger partial charge in [-0.3, -0.25) is 19.4 Å². The average Bonchev–Trinajstić information content (AvgIpc) is 2.36. The molecule has 2 heterocycles. The Hall–Kier alpha value is -2.31. The third-order valence-electron chi connectivity index (χ3n) is 3.58. The number of carbonyl (C=O) groups is 2. The number of likely N-dealkylation sites (tertiary alicyclic amines) is 1. The molecule has 1 atom stereocenters. The van der Waals surface area contributed by atoms with E-state index in [0.717, 1.165) is 12.1 Å². The van der Waals surface area contributed by atoms with E-state index < -0.39 is 22.9 Å². The lowest BCUT2D eigenvalue weighted by Crippen LogP contribution is -2.48. The summed E-state index contributed by atoms with van der Waals surface area (Å²) in [5.74, 6) is -1.78. The minimum absolute atomic E-state index is 0.0564. The van der Waals surface area contributed by atoms with Crippen LogP contribution in [0.5, 0.6) is 5.88 Å². The first-order chi connectivity index (χ1) is 9.32. The molecule has 3 N–H and O–H groups in total. The Balaban J connectivity index is 2.25. The van der Waals surface area contributed by atoms with Crippen molar-refractivity contribution < 1.29 is 19.8 Å². The normalized spacial score (nSPS) is 22.6. The molecule has 1 aromatic rings. The number of amides is 1. The van der Waals surface area contributed by atoms with Gasteiger partial charge in [-0.25, -0.2) is 0 Å². The Kier molecular flexibility index (Phi) is 3.52. The second-order valence-corrected chi connectivity index (χ2v) is 5.31. The van der Waals surface area contributed by atoms with Gasteiger partial charge in [-0.15, -0.1) is 0 Å². The fourth-order valence-corrected chi connectivity index (χ4v) is 2.42. The summed E-state index contributed by atoms with van der Waals surface area (Å²) in [5, 5.41) is 18.5. The maximum atomic E-state index is 12.3. The van der Waals surface area contributed by atoms with Crippen molar-refractivity contribution in [3.8, 4) is 5.88 Å². The number of nitrogens with zero attached hydrogens (tertiary/aromatic N) is 1. The number of carboxylic acid groups (broad SMARTS) is 1. The number of piperidine rings is 1. The van der Waals surface area contributed by atoms with E-state index in [1.807, 2.05) is 0 Å². The number of carbonyl (C=O) groups excluding carboxylic acids is 1. The molecule has 108 valence electrons. The topological polar surface area (TPSA) is 111 Å². The number of nitrogens with one attached hydrogen (secondary N) is 1. The molecule has 0 spiro atoms. The van der Waals surface area contributed by atoms with Crippen molar-refractivity contribution >= 4 is 11.9 Å². The number of aliphatic carboxylic acids is 1. The minimum atomic E-state index is -0.975. The Morgan fingerprint density at radius 1 is 1.40 bits per heavy atom. The quantitative estimate of drug-likeness (QED) is 0.726. The number of hydrogen-bond donors (Lipinski definition) is 3. The van der Waals surface area contributed by atoms with Gasteiger partial charge in [0, 0.05) is 25.2 Å². The van der Waals surface area contributed by atoms with Crippen molar-refractivity contribution in [1.82, 2.24) is 9.88 Å². The average molecular weight is 280 g/mol. The molecule has 0 aliphatic carbocycles.